The lowest BCUT2D eigenvalue weighted by Crippen LogP contribution is -2.49. The van der Waals surface area contributed by atoms with Crippen molar-refractivity contribution in [1.29, 1.82) is 0 Å². The van der Waals surface area contributed by atoms with Gasteiger partial charge in [-0.05, 0) is 80.2 Å². The quantitative estimate of drug-likeness (QED) is 0.533. The van der Waals surface area contributed by atoms with Crippen molar-refractivity contribution in [2.45, 2.75) is 45.1 Å². The van der Waals surface area contributed by atoms with Gasteiger partial charge in [-0.3, -0.25) is 0 Å². The van der Waals surface area contributed by atoms with Gasteiger partial charge in [-0.1, -0.05) is 6.42 Å². The number of hydrogen-bond acceptors (Lipinski definition) is 8. The maximum absolute atomic E-state index is 14.5. The number of rotatable bonds is 6. The Labute approximate surface area is 197 Å². The molecule has 0 aliphatic carbocycles. The molecule has 34 heavy (non-hydrogen) atoms. The molecular weight excluding hydrogens is 435 g/mol. The molecule has 0 spiro atoms. The van der Waals surface area contributed by atoms with Crippen LogP contribution in [-0.2, 0) is 0 Å². The third-order valence-corrected chi connectivity index (χ3v) is 6.72. The molecule has 0 saturated carbocycles. The van der Waals surface area contributed by atoms with Crippen LogP contribution in [0.5, 0.6) is 0 Å². The molecule has 2 aromatic heterocycles. The second-order valence-corrected chi connectivity index (χ2v) is 8.85. The number of nitrogens with zero attached hydrogens (tertiary/aromatic N) is 8. The van der Waals surface area contributed by atoms with Crippen LogP contribution in [0.25, 0.3) is 10.5 Å². The predicted octanol–water partition coefficient (Wildman–Crippen LogP) is 3.87. The first-order chi connectivity index (χ1) is 16.6. The van der Waals surface area contributed by atoms with Gasteiger partial charge in [0, 0.05) is 18.8 Å². The van der Waals surface area contributed by atoms with Gasteiger partial charge in [-0.25, -0.2) is 19.2 Å². The van der Waals surface area contributed by atoms with E-state index >= 15 is 0 Å². The largest absolute Gasteiger partial charge is 0.378 e. The number of anilines is 3. The number of tetrazole rings is 1. The van der Waals surface area contributed by atoms with Gasteiger partial charge in [0.15, 0.2) is 5.82 Å². The summed E-state index contributed by atoms with van der Waals surface area (Å²) < 4.78 is 16.1. The fourth-order valence-corrected chi connectivity index (χ4v) is 5.02. The molecule has 5 rings (SSSR count). The van der Waals surface area contributed by atoms with Crippen molar-refractivity contribution in [3.05, 3.63) is 47.5 Å². The average Bonchev–Trinajstić information content (AvgIpc) is 3.30. The highest BCUT2D eigenvalue weighted by molar-refractivity contribution is 5.67. The van der Waals surface area contributed by atoms with Gasteiger partial charge in [-0.2, -0.15) is 4.68 Å². The van der Waals surface area contributed by atoms with Crippen LogP contribution >= 0.6 is 0 Å². The van der Waals surface area contributed by atoms with Crippen LogP contribution in [0.3, 0.4) is 0 Å². The Morgan fingerprint density at radius 3 is 2.91 bits per heavy atom. The Hall–Kier alpha value is -3.65. The molecule has 176 valence electrons. The van der Waals surface area contributed by atoms with E-state index in [1.807, 2.05) is 0 Å². The van der Waals surface area contributed by atoms with E-state index in [1.54, 1.807) is 19.1 Å². The van der Waals surface area contributed by atoms with Crippen LogP contribution in [0.15, 0.2) is 24.4 Å². The summed E-state index contributed by atoms with van der Waals surface area (Å²) in [6, 6.07) is 5.12. The molecule has 1 aromatic carbocycles. The summed E-state index contributed by atoms with van der Waals surface area (Å²) in [5.74, 6) is 1.32. The Balaban J connectivity index is 1.33. The van der Waals surface area contributed by atoms with Crippen LogP contribution in [0.2, 0.25) is 0 Å². The van der Waals surface area contributed by atoms with Crippen molar-refractivity contribution in [1.82, 2.24) is 35.1 Å². The smallest absolute Gasteiger partial charge is 0.246 e. The molecule has 2 fully saturated rings. The molecule has 2 aliphatic rings. The van der Waals surface area contributed by atoms with Gasteiger partial charge >= 0.3 is 0 Å². The normalized spacial score (nSPS) is 20.4. The molecule has 0 unspecified atom stereocenters. The lowest BCUT2D eigenvalue weighted by Gasteiger charge is -2.44. The van der Waals surface area contributed by atoms with E-state index in [1.165, 1.54) is 62.1 Å². The number of hydrogen-bond donors (Lipinski definition) is 2. The number of aryl methyl sites for hydroxylation is 1. The SMILES string of the molecule is [C-]#[N+]c1cnc(Nc2cc(-n3nnnc3C)ccc2F)nc1NC[C@@H]1CCCN2CCCC[C@H]12. The molecule has 2 saturated heterocycles. The summed E-state index contributed by atoms with van der Waals surface area (Å²) in [6.07, 6.45) is 7.63. The van der Waals surface area contributed by atoms with Gasteiger partial charge in [0.1, 0.15) is 11.6 Å². The molecule has 4 heterocycles. The highest BCUT2D eigenvalue weighted by Gasteiger charge is 2.32. The maximum Gasteiger partial charge on any atom is 0.246 e. The number of halogens is 1. The zero-order valence-electron chi connectivity index (χ0n) is 19.1. The Bertz CT molecular complexity index is 1200. The fourth-order valence-electron chi connectivity index (χ4n) is 5.02. The monoisotopic (exact) mass is 462 g/mol. The number of fused-ring (bicyclic) bond motifs is 1. The summed E-state index contributed by atoms with van der Waals surface area (Å²) in [7, 11) is 0. The second-order valence-electron chi connectivity index (χ2n) is 8.85. The van der Waals surface area contributed by atoms with Crippen molar-refractivity contribution in [2.24, 2.45) is 5.92 Å². The molecule has 10 nitrogen and oxygen atoms in total. The predicted molar refractivity (Wildman–Crippen MR) is 126 cm³/mol. The zero-order chi connectivity index (χ0) is 23.5. The molecule has 2 atom stereocenters. The van der Waals surface area contributed by atoms with Crippen LogP contribution in [-0.4, -0.2) is 60.8 Å². The summed E-state index contributed by atoms with van der Waals surface area (Å²) in [4.78, 5) is 14.9. The van der Waals surface area contributed by atoms with E-state index in [0.717, 1.165) is 6.54 Å². The standard InChI is InChI=1S/C23H27FN10/c1-15-30-31-32-34(15)17-8-9-18(24)19(12-17)28-23-27-14-20(25-2)22(29-23)26-13-16-6-5-11-33-10-4-3-7-21(16)33/h8-9,12,14,16,21H,3-7,10-11,13H2,1H3,(H2,26,27,28,29)/t16-,21+/m0/s1. The Morgan fingerprint density at radius 1 is 1.21 bits per heavy atom. The highest BCUT2D eigenvalue weighted by atomic mass is 19.1. The lowest BCUT2D eigenvalue weighted by molar-refractivity contribution is 0.0649. The second kappa shape index (κ2) is 9.69. The van der Waals surface area contributed by atoms with Gasteiger partial charge in [0.05, 0.1) is 17.9 Å². The minimum Gasteiger partial charge on any atom is -0.378 e. The van der Waals surface area contributed by atoms with Crippen molar-refractivity contribution >= 4 is 23.1 Å². The van der Waals surface area contributed by atoms with Gasteiger partial charge in [-0.15, -0.1) is 5.10 Å². The van der Waals surface area contributed by atoms with E-state index in [4.69, 9.17) is 6.57 Å². The van der Waals surface area contributed by atoms with Gasteiger partial charge < -0.3 is 15.5 Å². The molecule has 11 heteroatoms. The van der Waals surface area contributed by atoms with E-state index in [-0.39, 0.29) is 11.6 Å². The van der Waals surface area contributed by atoms with Crippen molar-refractivity contribution in [3.63, 3.8) is 0 Å². The summed E-state index contributed by atoms with van der Waals surface area (Å²) in [5.41, 5.74) is 1.15. The number of nitrogens with one attached hydrogen (secondary N) is 2. The number of piperidine rings is 2. The Kier molecular flexibility index (Phi) is 6.31. The van der Waals surface area contributed by atoms with Crippen LogP contribution in [0, 0.1) is 25.2 Å². The first kappa shape index (κ1) is 22.2. The molecule has 2 N–H and O–H groups in total. The number of benzene rings is 1. The maximum atomic E-state index is 14.5. The summed E-state index contributed by atoms with van der Waals surface area (Å²) in [6.45, 7) is 12.4. The molecule has 3 aromatic rings. The first-order valence-electron chi connectivity index (χ1n) is 11.7. The van der Waals surface area contributed by atoms with Crippen molar-refractivity contribution < 1.29 is 4.39 Å². The van der Waals surface area contributed by atoms with Gasteiger partial charge in [0.25, 0.3) is 0 Å². The average molecular weight is 463 g/mol. The zero-order valence-corrected chi connectivity index (χ0v) is 19.1. The Morgan fingerprint density at radius 2 is 2.09 bits per heavy atom. The topological polar surface area (TPSA) is 101 Å². The van der Waals surface area contributed by atoms with Crippen LogP contribution in [0.4, 0.5) is 27.5 Å². The minimum atomic E-state index is -0.457. The minimum absolute atomic E-state index is 0.194. The van der Waals surface area contributed by atoms with Crippen molar-refractivity contribution in [3.8, 4) is 5.69 Å². The summed E-state index contributed by atoms with van der Waals surface area (Å²) in [5, 5.41) is 17.8. The van der Waals surface area contributed by atoms with E-state index < -0.39 is 5.82 Å². The van der Waals surface area contributed by atoms with Crippen molar-refractivity contribution in [2.75, 3.05) is 30.3 Å². The van der Waals surface area contributed by atoms with E-state index in [2.05, 4.69) is 45.9 Å². The molecular formula is C23H27FN10. The summed E-state index contributed by atoms with van der Waals surface area (Å²) >= 11 is 0. The van der Waals surface area contributed by atoms with Crippen LogP contribution < -0.4 is 10.6 Å². The first-order valence-corrected chi connectivity index (χ1v) is 11.7. The molecule has 0 amide bonds. The third kappa shape index (κ3) is 4.54. The number of aromatic nitrogens is 6. The van der Waals surface area contributed by atoms with E-state index in [0.29, 0.717) is 35.0 Å². The molecule has 2 aliphatic heterocycles. The third-order valence-electron chi connectivity index (χ3n) is 6.72. The van der Waals surface area contributed by atoms with E-state index in [9.17, 15) is 4.39 Å². The fraction of sp³-hybridized carbons (Fsp3) is 0.478. The molecule has 0 radical (unpaired) electrons. The van der Waals surface area contributed by atoms with Crippen LogP contribution in [0.1, 0.15) is 37.9 Å². The van der Waals surface area contributed by atoms with Gasteiger partial charge in [0.2, 0.25) is 11.6 Å². The lowest BCUT2D eigenvalue weighted by atomic mass is 9.83. The highest BCUT2D eigenvalue weighted by Crippen LogP contribution is 2.32. The molecule has 0 bridgehead atoms.